The molecule has 1 atom stereocenters. The van der Waals surface area contributed by atoms with E-state index in [9.17, 15) is 19.4 Å². The molecule has 2 N–H and O–H groups in total. The molecule has 2 aromatic carbocycles. The average molecular weight is 360 g/mol. The number of ether oxygens (including phenoxy) is 1. The Morgan fingerprint density at radius 3 is 2.38 bits per heavy atom. The van der Waals surface area contributed by atoms with E-state index in [0.717, 1.165) is 5.56 Å². The van der Waals surface area contributed by atoms with Crippen molar-refractivity contribution >= 4 is 5.97 Å². The van der Waals surface area contributed by atoms with Crippen molar-refractivity contribution in [2.24, 2.45) is 0 Å². The molecule has 0 saturated heterocycles. The molecule has 0 aromatic heterocycles. The van der Waals surface area contributed by atoms with Gasteiger partial charge in [0.05, 0.1) is 7.11 Å². The Balaban J connectivity index is 2.27. The lowest BCUT2D eigenvalue weighted by Gasteiger charge is -2.34. The van der Waals surface area contributed by atoms with Crippen LogP contribution in [0.4, 0.5) is 4.39 Å². The first kappa shape index (κ1) is 19.9. The maximum absolute atomic E-state index is 13.7. The van der Waals surface area contributed by atoms with Crippen LogP contribution in [0.15, 0.2) is 48.5 Å². The molecular weight excluding hydrogens is 335 g/mol. The van der Waals surface area contributed by atoms with Crippen LogP contribution in [0.3, 0.4) is 0 Å². The summed E-state index contributed by atoms with van der Waals surface area (Å²) in [6.07, 6.45) is 0.426. The molecule has 0 aliphatic rings. The monoisotopic (exact) mass is 360 g/mol. The zero-order chi connectivity index (χ0) is 19.4. The largest absolute Gasteiger partial charge is 0.496 e. The van der Waals surface area contributed by atoms with E-state index in [0.29, 0.717) is 17.7 Å². The Labute approximate surface area is 153 Å². The van der Waals surface area contributed by atoms with Crippen molar-refractivity contribution in [3.8, 4) is 5.75 Å². The number of aliphatic carboxylic acids is 1. The van der Waals surface area contributed by atoms with Crippen LogP contribution < -0.4 is 4.74 Å². The summed E-state index contributed by atoms with van der Waals surface area (Å²) in [4.78, 5) is 11.8. The number of methoxy groups -OCH3 is 1. The quantitative estimate of drug-likeness (QED) is 0.748. The number of carboxylic acid groups (broad SMARTS) is 1. The molecule has 0 radical (unpaired) electrons. The fourth-order valence-corrected chi connectivity index (χ4v) is 3.30. The third-order valence-electron chi connectivity index (χ3n) is 4.69. The number of carbonyl (C=O) groups is 1. The highest BCUT2D eigenvalue weighted by molar-refractivity contribution is 5.77. The van der Waals surface area contributed by atoms with Crippen molar-refractivity contribution in [1.29, 1.82) is 0 Å². The molecule has 4 nitrogen and oxygen atoms in total. The summed E-state index contributed by atoms with van der Waals surface area (Å²) in [6.45, 7) is 3.56. The first-order valence-electron chi connectivity index (χ1n) is 8.52. The van der Waals surface area contributed by atoms with Gasteiger partial charge in [0.15, 0.2) is 5.60 Å². The van der Waals surface area contributed by atoms with Gasteiger partial charge in [-0.05, 0) is 48.4 Å². The van der Waals surface area contributed by atoms with Gasteiger partial charge in [-0.3, -0.25) is 0 Å². The molecule has 5 heteroatoms. The molecule has 0 fully saturated rings. The lowest BCUT2D eigenvalue weighted by Crippen LogP contribution is -2.44. The summed E-state index contributed by atoms with van der Waals surface area (Å²) in [6, 6.07) is 13.5. The molecule has 0 bridgehead atoms. The third kappa shape index (κ3) is 4.61. The van der Waals surface area contributed by atoms with E-state index in [1.165, 1.54) is 25.3 Å². The third-order valence-corrected chi connectivity index (χ3v) is 4.69. The molecular formula is C21H25FO4. The van der Waals surface area contributed by atoms with Gasteiger partial charge in [-0.2, -0.15) is 0 Å². The minimum absolute atomic E-state index is 0.0629. The minimum atomic E-state index is -1.93. The molecule has 0 spiro atoms. The maximum atomic E-state index is 13.7. The van der Waals surface area contributed by atoms with Crippen LogP contribution in [0, 0.1) is 5.82 Å². The predicted molar refractivity (Wildman–Crippen MR) is 97.9 cm³/mol. The van der Waals surface area contributed by atoms with E-state index in [2.05, 4.69) is 0 Å². The van der Waals surface area contributed by atoms with E-state index >= 15 is 0 Å². The molecule has 0 saturated carbocycles. The fourth-order valence-electron chi connectivity index (χ4n) is 3.30. The SMILES string of the molecule is COc1ccc(F)cc1C(C)(C)CC(O)(CCc1ccccc1)C(=O)O. The van der Waals surface area contributed by atoms with Gasteiger partial charge in [0.25, 0.3) is 0 Å². The highest BCUT2D eigenvalue weighted by Gasteiger charge is 2.42. The van der Waals surface area contributed by atoms with E-state index in [1.54, 1.807) is 13.8 Å². The zero-order valence-corrected chi connectivity index (χ0v) is 15.3. The molecule has 2 aromatic rings. The molecule has 1 unspecified atom stereocenters. The fraction of sp³-hybridized carbons (Fsp3) is 0.381. The Morgan fingerprint density at radius 1 is 1.15 bits per heavy atom. The van der Waals surface area contributed by atoms with E-state index in [-0.39, 0.29) is 12.8 Å². The number of hydrogen-bond donors (Lipinski definition) is 2. The van der Waals surface area contributed by atoms with E-state index < -0.39 is 22.8 Å². The van der Waals surface area contributed by atoms with Gasteiger partial charge in [-0.15, -0.1) is 0 Å². The number of benzene rings is 2. The Bertz CT molecular complexity index is 758. The van der Waals surface area contributed by atoms with Crippen molar-refractivity contribution < 1.29 is 24.1 Å². The number of halogens is 1. The molecule has 26 heavy (non-hydrogen) atoms. The van der Waals surface area contributed by atoms with Crippen LogP contribution in [0.25, 0.3) is 0 Å². The van der Waals surface area contributed by atoms with Crippen LogP contribution in [0.1, 0.15) is 37.8 Å². The van der Waals surface area contributed by atoms with Crippen LogP contribution >= 0.6 is 0 Å². The first-order valence-corrected chi connectivity index (χ1v) is 8.52. The van der Waals surface area contributed by atoms with Crippen molar-refractivity contribution in [3.63, 3.8) is 0 Å². The first-order chi connectivity index (χ1) is 12.2. The van der Waals surface area contributed by atoms with Gasteiger partial charge >= 0.3 is 5.97 Å². The van der Waals surface area contributed by atoms with Gasteiger partial charge in [-0.25, -0.2) is 9.18 Å². The lowest BCUT2D eigenvalue weighted by atomic mass is 9.73. The minimum Gasteiger partial charge on any atom is -0.496 e. The van der Waals surface area contributed by atoms with Crippen LogP contribution in [-0.4, -0.2) is 28.9 Å². The van der Waals surface area contributed by atoms with Crippen molar-refractivity contribution in [2.45, 2.75) is 44.1 Å². The second-order valence-electron chi connectivity index (χ2n) is 7.23. The Kier molecular flexibility index (Phi) is 6.03. The standard InChI is InChI=1S/C21H25FO4/c1-20(2,17-13-16(22)9-10-18(17)26-3)14-21(25,19(23)24)12-11-15-7-5-4-6-8-15/h4-10,13,25H,11-12,14H2,1-3H3,(H,23,24). The molecule has 140 valence electrons. The molecule has 0 heterocycles. The van der Waals surface area contributed by atoms with Crippen LogP contribution in [-0.2, 0) is 16.6 Å². The highest BCUT2D eigenvalue weighted by Crippen LogP contribution is 2.39. The maximum Gasteiger partial charge on any atom is 0.335 e. The second kappa shape index (κ2) is 7.87. The summed E-state index contributed by atoms with van der Waals surface area (Å²) in [5.74, 6) is -1.25. The van der Waals surface area contributed by atoms with Crippen LogP contribution in [0.5, 0.6) is 5.75 Å². The van der Waals surface area contributed by atoms with Crippen molar-refractivity contribution in [2.75, 3.05) is 7.11 Å². The summed E-state index contributed by atoms with van der Waals surface area (Å²) >= 11 is 0. The normalized spacial score (nSPS) is 13.9. The number of aliphatic hydroxyl groups is 1. The average Bonchev–Trinajstić information content (AvgIpc) is 2.60. The molecule has 0 amide bonds. The summed E-state index contributed by atoms with van der Waals surface area (Å²) in [5.41, 5.74) is -1.26. The Hall–Kier alpha value is -2.40. The van der Waals surface area contributed by atoms with Gasteiger partial charge in [0, 0.05) is 5.56 Å². The number of aryl methyl sites for hydroxylation is 1. The lowest BCUT2D eigenvalue weighted by molar-refractivity contribution is -0.161. The molecule has 2 rings (SSSR count). The predicted octanol–water partition coefficient (Wildman–Crippen LogP) is 3.95. The van der Waals surface area contributed by atoms with E-state index in [4.69, 9.17) is 4.74 Å². The summed E-state index contributed by atoms with van der Waals surface area (Å²) in [7, 11) is 1.48. The van der Waals surface area contributed by atoms with Gasteiger partial charge in [0.1, 0.15) is 11.6 Å². The second-order valence-corrected chi connectivity index (χ2v) is 7.23. The Morgan fingerprint density at radius 2 is 1.81 bits per heavy atom. The van der Waals surface area contributed by atoms with Gasteiger partial charge < -0.3 is 14.9 Å². The van der Waals surface area contributed by atoms with Gasteiger partial charge in [-0.1, -0.05) is 44.2 Å². The smallest absolute Gasteiger partial charge is 0.335 e. The number of rotatable bonds is 8. The van der Waals surface area contributed by atoms with Gasteiger partial charge in [0.2, 0.25) is 0 Å². The number of carboxylic acids is 1. The molecule has 0 aliphatic heterocycles. The van der Waals surface area contributed by atoms with E-state index in [1.807, 2.05) is 30.3 Å². The molecule has 0 aliphatic carbocycles. The summed E-state index contributed by atoms with van der Waals surface area (Å²) < 4.78 is 19.0. The topological polar surface area (TPSA) is 66.8 Å². The summed E-state index contributed by atoms with van der Waals surface area (Å²) in [5, 5.41) is 20.5. The highest BCUT2D eigenvalue weighted by atomic mass is 19.1. The number of hydrogen-bond acceptors (Lipinski definition) is 3. The van der Waals surface area contributed by atoms with Crippen molar-refractivity contribution in [1.82, 2.24) is 0 Å². The van der Waals surface area contributed by atoms with Crippen molar-refractivity contribution in [3.05, 3.63) is 65.5 Å². The van der Waals surface area contributed by atoms with Crippen LogP contribution in [0.2, 0.25) is 0 Å². The zero-order valence-electron chi connectivity index (χ0n) is 15.3.